The minimum absolute atomic E-state index is 0.0663. The fourth-order valence-electron chi connectivity index (χ4n) is 6.07. The van der Waals surface area contributed by atoms with Crippen molar-refractivity contribution in [3.05, 3.63) is 52.7 Å². The smallest absolute Gasteiger partial charge is 0.229 e. The number of azide groups is 1. The molecule has 3 aromatic rings. The maximum absolute atomic E-state index is 12.4. The lowest BCUT2D eigenvalue weighted by Gasteiger charge is -2.25. The molecule has 0 bridgehead atoms. The Kier molecular flexibility index (Phi) is 4.37. The Morgan fingerprint density at radius 2 is 2.15 bits per heavy atom. The summed E-state index contributed by atoms with van der Waals surface area (Å²) in [5, 5.41) is 31.7. The number of aliphatic hydroxyl groups excluding tert-OH is 1. The molecule has 0 saturated heterocycles. The molecule has 12 nitrogen and oxygen atoms in total. The average Bonchev–Trinajstić information content (AvgIpc) is 3.66. The van der Waals surface area contributed by atoms with Gasteiger partial charge in [0.1, 0.15) is 11.1 Å². The number of amides is 1. The van der Waals surface area contributed by atoms with E-state index in [0.29, 0.717) is 29.9 Å². The summed E-state index contributed by atoms with van der Waals surface area (Å²) in [4.78, 5) is 28.3. The van der Waals surface area contributed by atoms with Crippen molar-refractivity contribution in [1.29, 1.82) is 0 Å². The van der Waals surface area contributed by atoms with Crippen LogP contribution >= 0.6 is 0 Å². The van der Waals surface area contributed by atoms with Gasteiger partial charge in [0, 0.05) is 24.4 Å². The van der Waals surface area contributed by atoms with Crippen LogP contribution in [0.5, 0.6) is 0 Å². The molecule has 0 spiro atoms. The highest BCUT2D eigenvalue weighted by Gasteiger charge is 2.91. The first-order valence-corrected chi connectivity index (χ1v) is 11.2. The predicted molar refractivity (Wildman–Crippen MR) is 121 cm³/mol. The summed E-state index contributed by atoms with van der Waals surface area (Å²) in [6, 6.07) is 9.50. The molecule has 34 heavy (non-hydrogen) atoms. The number of benzene rings is 1. The Hall–Kier alpha value is -3.73. The van der Waals surface area contributed by atoms with Gasteiger partial charge in [-0.1, -0.05) is 30.3 Å². The van der Waals surface area contributed by atoms with Crippen LogP contribution in [0, 0.1) is 17.3 Å². The van der Waals surface area contributed by atoms with E-state index in [1.165, 1.54) is 7.05 Å². The number of aliphatic hydroxyl groups is 2. The topological polar surface area (TPSA) is 174 Å². The first-order valence-electron chi connectivity index (χ1n) is 11.2. The molecule has 3 saturated carbocycles. The average molecular weight is 461 g/mol. The van der Waals surface area contributed by atoms with Crippen molar-refractivity contribution in [3.8, 4) is 0 Å². The van der Waals surface area contributed by atoms with Crippen molar-refractivity contribution in [2.24, 2.45) is 22.4 Å². The zero-order valence-electron chi connectivity index (χ0n) is 18.3. The summed E-state index contributed by atoms with van der Waals surface area (Å²) >= 11 is 0. The number of hydrogen-bond acceptors (Lipinski definition) is 8. The molecular formula is C22H23N9O3. The lowest BCUT2D eigenvalue weighted by Crippen LogP contribution is -2.45. The second-order valence-electron chi connectivity index (χ2n) is 9.24. The molecule has 4 N–H and O–H groups in total. The summed E-state index contributed by atoms with van der Waals surface area (Å²) in [5.41, 5.74) is 8.59. The van der Waals surface area contributed by atoms with E-state index in [-0.39, 0.29) is 23.7 Å². The van der Waals surface area contributed by atoms with Crippen LogP contribution in [0.15, 0.2) is 41.8 Å². The molecule has 12 heteroatoms. The zero-order chi connectivity index (χ0) is 23.7. The Bertz CT molecular complexity index is 1350. The van der Waals surface area contributed by atoms with Gasteiger partial charge in [-0.25, -0.2) is 15.0 Å². The summed E-state index contributed by atoms with van der Waals surface area (Å²) in [5.74, 6) is -0.283. The fourth-order valence-corrected chi connectivity index (χ4v) is 6.07. The Labute approximate surface area is 193 Å². The highest BCUT2D eigenvalue weighted by molar-refractivity contribution is 5.89. The van der Waals surface area contributed by atoms with Crippen molar-refractivity contribution >= 4 is 28.8 Å². The van der Waals surface area contributed by atoms with Gasteiger partial charge in [-0.2, -0.15) is 0 Å². The third kappa shape index (κ3) is 2.64. The molecule has 2 unspecified atom stereocenters. The standard InChI is InChI=1S/C22H23N9O3/c1-24-19(33)21-9-12(21)13-15(22(13,34)18(21)32)31-10-26-14-16(27-20(29-30-23)28-17(14)31)25-8-7-11-5-3-2-4-6-11/h2-6,10,12-13,15,18,32,34H,7-9H2,1H3,(H,24,33)(H,25,27,28)/t12?,13-,15+,18+,21?,22+/m0/s1. The number of carbonyl (C=O) groups excluding carboxylic acids is 1. The van der Waals surface area contributed by atoms with Crippen molar-refractivity contribution in [2.75, 3.05) is 18.9 Å². The van der Waals surface area contributed by atoms with Crippen molar-refractivity contribution in [1.82, 2.24) is 24.8 Å². The number of anilines is 1. The normalized spacial score (nSPS) is 32.4. The first-order chi connectivity index (χ1) is 16.5. The van der Waals surface area contributed by atoms with Crippen LogP contribution in [0.2, 0.25) is 0 Å². The van der Waals surface area contributed by atoms with Crippen LogP contribution in [-0.4, -0.2) is 60.9 Å². The number of rotatable bonds is 7. The van der Waals surface area contributed by atoms with E-state index in [1.54, 1.807) is 10.9 Å². The maximum atomic E-state index is 12.4. The van der Waals surface area contributed by atoms with E-state index in [2.05, 4.69) is 35.6 Å². The third-order valence-electron chi connectivity index (χ3n) is 7.70. The second-order valence-corrected chi connectivity index (χ2v) is 9.24. The molecule has 3 aliphatic carbocycles. The lowest BCUT2D eigenvalue weighted by atomic mass is 9.93. The van der Waals surface area contributed by atoms with Crippen LogP contribution in [0.4, 0.5) is 11.8 Å². The quantitative estimate of drug-likeness (QED) is 0.234. The second kappa shape index (κ2) is 7.13. The molecule has 2 heterocycles. The molecule has 1 amide bonds. The minimum Gasteiger partial charge on any atom is -0.389 e. The fraction of sp³-hybridized carbons (Fsp3) is 0.455. The summed E-state index contributed by atoms with van der Waals surface area (Å²) in [7, 11) is 1.54. The monoisotopic (exact) mass is 461 g/mol. The number of carbonyl (C=O) groups is 1. The molecule has 6 rings (SSSR count). The van der Waals surface area contributed by atoms with Gasteiger partial charge in [0.25, 0.3) is 0 Å². The Morgan fingerprint density at radius 3 is 2.82 bits per heavy atom. The minimum atomic E-state index is -1.44. The van der Waals surface area contributed by atoms with Crippen LogP contribution in [0.1, 0.15) is 18.0 Å². The van der Waals surface area contributed by atoms with Crippen LogP contribution in [0.25, 0.3) is 21.6 Å². The first kappa shape index (κ1) is 20.8. The van der Waals surface area contributed by atoms with Gasteiger partial charge >= 0.3 is 0 Å². The summed E-state index contributed by atoms with van der Waals surface area (Å²) in [6.07, 6.45) is 1.66. The lowest BCUT2D eigenvalue weighted by molar-refractivity contribution is -0.134. The number of fused-ring (bicyclic) bond motifs is 4. The molecule has 174 valence electrons. The van der Waals surface area contributed by atoms with Crippen LogP contribution < -0.4 is 10.6 Å². The van der Waals surface area contributed by atoms with Gasteiger partial charge < -0.3 is 25.4 Å². The van der Waals surface area contributed by atoms with E-state index in [9.17, 15) is 15.0 Å². The van der Waals surface area contributed by atoms with Gasteiger partial charge in [0.05, 0.1) is 23.9 Å². The SMILES string of the molecule is CNC(=O)C12CC1[C@H]1[C@@H](n3cnc4c(NCCc5ccccc5)nc(N=[N+]=[N-])nc43)[C@@]1(O)[C@@H]2O. The number of nitrogens with one attached hydrogen (secondary N) is 2. The molecular weight excluding hydrogens is 438 g/mol. The summed E-state index contributed by atoms with van der Waals surface area (Å²) in [6.45, 7) is 0.574. The van der Waals surface area contributed by atoms with Crippen molar-refractivity contribution < 1.29 is 15.0 Å². The van der Waals surface area contributed by atoms with Crippen molar-refractivity contribution in [2.45, 2.75) is 30.6 Å². The van der Waals surface area contributed by atoms with E-state index >= 15 is 0 Å². The highest BCUT2D eigenvalue weighted by Crippen LogP contribution is 2.82. The van der Waals surface area contributed by atoms with Crippen LogP contribution in [-0.2, 0) is 11.2 Å². The van der Waals surface area contributed by atoms with E-state index in [4.69, 9.17) is 5.53 Å². The number of hydrogen-bond donors (Lipinski definition) is 4. The van der Waals surface area contributed by atoms with E-state index in [0.717, 1.165) is 12.0 Å². The molecule has 1 aromatic carbocycles. The Morgan fingerprint density at radius 1 is 1.35 bits per heavy atom. The van der Waals surface area contributed by atoms with Gasteiger partial charge in [-0.15, -0.1) is 0 Å². The van der Waals surface area contributed by atoms with Gasteiger partial charge in [-0.3, -0.25) is 4.79 Å². The van der Waals surface area contributed by atoms with Crippen molar-refractivity contribution in [3.63, 3.8) is 0 Å². The molecule has 0 radical (unpaired) electrons. The number of nitrogens with zero attached hydrogens (tertiary/aromatic N) is 7. The van der Waals surface area contributed by atoms with E-state index < -0.39 is 23.2 Å². The maximum Gasteiger partial charge on any atom is 0.229 e. The van der Waals surface area contributed by atoms with Gasteiger partial charge in [0.15, 0.2) is 11.5 Å². The predicted octanol–water partition coefficient (Wildman–Crippen LogP) is 1.45. The zero-order valence-corrected chi connectivity index (χ0v) is 18.3. The summed E-state index contributed by atoms with van der Waals surface area (Å²) < 4.78 is 1.70. The molecule has 0 aliphatic heterocycles. The highest BCUT2D eigenvalue weighted by atomic mass is 16.4. The van der Waals surface area contributed by atoms with Gasteiger partial charge in [0.2, 0.25) is 11.9 Å². The van der Waals surface area contributed by atoms with E-state index in [1.807, 2.05) is 30.3 Å². The molecule has 3 aliphatic rings. The molecule has 6 atom stereocenters. The number of imidazole rings is 1. The third-order valence-corrected chi connectivity index (χ3v) is 7.70. The number of aromatic nitrogens is 4. The van der Waals surface area contributed by atoms with Crippen LogP contribution in [0.3, 0.4) is 0 Å². The molecule has 2 aromatic heterocycles. The van der Waals surface area contributed by atoms with Gasteiger partial charge in [-0.05, 0) is 35.0 Å². The Balaban J connectivity index is 1.32. The largest absolute Gasteiger partial charge is 0.389 e. The molecule has 3 fully saturated rings.